The van der Waals surface area contributed by atoms with E-state index in [9.17, 15) is 9.90 Å². The normalized spacial score (nSPS) is 12.3. The Morgan fingerprint density at radius 1 is 1.29 bits per heavy atom. The van der Waals surface area contributed by atoms with Gasteiger partial charge in [0.15, 0.2) is 11.5 Å². The lowest BCUT2D eigenvalue weighted by atomic mass is 10.0. The van der Waals surface area contributed by atoms with Gasteiger partial charge in [-0.1, -0.05) is 13.8 Å². The van der Waals surface area contributed by atoms with Gasteiger partial charge in [-0.3, -0.25) is 4.79 Å². The molecule has 0 aliphatic carbocycles. The summed E-state index contributed by atoms with van der Waals surface area (Å²) in [7, 11) is 3.18. The Kier molecular flexibility index (Phi) is 6.84. The van der Waals surface area contributed by atoms with Crippen molar-refractivity contribution in [2.24, 2.45) is 5.92 Å². The maximum Gasteiger partial charge on any atom is 0.320 e. The Labute approximate surface area is 130 Å². The molecule has 0 heterocycles. The molecule has 118 valence electrons. The van der Waals surface area contributed by atoms with Crippen molar-refractivity contribution in [1.29, 1.82) is 0 Å². The number of hydrogen-bond acceptors (Lipinski definition) is 5. The molecule has 1 atom stereocenters. The van der Waals surface area contributed by atoms with Gasteiger partial charge in [-0.05, 0) is 29.9 Å². The third-order valence-electron chi connectivity index (χ3n) is 3.23. The minimum atomic E-state index is -0.837. The first-order valence-corrected chi connectivity index (χ1v) is 7.92. The van der Waals surface area contributed by atoms with Crippen LogP contribution in [0.4, 0.5) is 0 Å². The van der Waals surface area contributed by atoms with Gasteiger partial charge in [0.05, 0.1) is 14.2 Å². The van der Waals surface area contributed by atoms with Gasteiger partial charge in [0.2, 0.25) is 0 Å². The molecule has 0 aliphatic heterocycles. The van der Waals surface area contributed by atoms with Crippen molar-refractivity contribution in [3.8, 4) is 11.5 Å². The van der Waals surface area contributed by atoms with Crippen LogP contribution in [0.1, 0.15) is 19.4 Å². The lowest BCUT2D eigenvalue weighted by Crippen LogP contribution is -2.40. The monoisotopic (exact) mass is 313 g/mol. The van der Waals surface area contributed by atoms with Gasteiger partial charge in [-0.25, -0.2) is 0 Å². The number of carbonyl (C=O) groups is 1. The number of carboxylic acid groups (broad SMARTS) is 1. The summed E-state index contributed by atoms with van der Waals surface area (Å²) in [5.74, 6) is 0.490. The molecule has 0 radical (unpaired) electrons. The first-order chi connectivity index (χ1) is 9.94. The standard InChI is InChI=1S/C15H23NO4S/c1-9(2)14(15(17)18)16-8-10-6-11(19-3)12(20-4)7-13(10)21-5/h6-7,9,14,16H,8H2,1-5H3,(H,17,18)/t14-/m0/s1. The van der Waals surface area contributed by atoms with Crippen molar-refractivity contribution in [1.82, 2.24) is 5.32 Å². The first kappa shape index (κ1) is 17.7. The Morgan fingerprint density at radius 3 is 2.29 bits per heavy atom. The van der Waals surface area contributed by atoms with Crippen LogP contribution in [0, 0.1) is 5.92 Å². The smallest absolute Gasteiger partial charge is 0.320 e. The number of nitrogens with one attached hydrogen (secondary N) is 1. The fraction of sp³-hybridized carbons (Fsp3) is 0.533. The molecule has 2 N–H and O–H groups in total. The molecular weight excluding hydrogens is 290 g/mol. The maximum absolute atomic E-state index is 11.2. The van der Waals surface area contributed by atoms with Crippen LogP contribution in [0.2, 0.25) is 0 Å². The van der Waals surface area contributed by atoms with Crippen molar-refractivity contribution in [3.05, 3.63) is 17.7 Å². The highest BCUT2D eigenvalue weighted by Gasteiger charge is 2.21. The average Bonchev–Trinajstić information content (AvgIpc) is 2.45. The topological polar surface area (TPSA) is 67.8 Å². The molecule has 0 fully saturated rings. The summed E-state index contributed by atoms with van der Waals surface area (Å²) in [6, 6.07) is 3.22. The zero-order valence-corrected chi connectivity index (χ0v) is 13.9. The second-order valence-corrected chi connectivity index (χ2v) is 5.81. The summed E-state index contributed by atoms with van der Waals surface area (Å²) in [5.41, 5.74) is 0.993. The van der Waals surface area contributed by atoms with E-state index in [2.05, 4.69) is 5.32 Å². The van der Waals surface area contributed by atoms with Gasteiger partial charge in [-0.2, -0.15) is 0 Å². The van der Waals surface area contributed by atoms with Gasteiger partial charge in [0, 0.05) is 11.4 Å². The second-order valence-electron chi connectivity index (χ2n) is 4.96. The highest BCUT2D eigenvalue weighted by atomic mass is 32.2. The van der Waals surface area contributed by atoms with E-state index in [1.165, 1.54) is 0 Å². The Balaban J connectivity index is 2.98. The van der Waals surface area contributed by atoms with Crippen LogP contribution >= 0.6 is 11.8 Å². The summed E-state index contributed by atoms with van der Waals surface area (Å²) in [5, 5.41) is 12.3. The molecule has 0 bridgehead atoms. The number of benzene rings is 1. The number of ether oxygens (including phenoxy) is 2. The number of thioether (sulfide) groups is 1. The number of rotatable bonds is 8. The molecule has 0 spiro atoms. The van der Waals surface area contributed by atoms with E-state index in [-0.39, 0.29) is 5.92 Å². The summed E-state index contributed by atoms with van der Waals surface area (Å²) in [6.45, 7) is 4.23. The maximum atomic E-state index is 11.2. The summed E-state index contributed by atoms with van der Waals surface area (Å²) in [6.07, 6.45) is 1.97. The van der Waals surface area contributed by atoms with Gasteiger partial charge in [0.1, 0.15) is 6.04 Å². The van der Waals surface area contributed by atoms with Gasteiger partial charge in [0.25, 0.3) is 0 Å². The van der Waals surface area contributed by atoms with Gasteiger partial charge < -0.3 is 19.9 Å². The molecule has 0 aliphatic rings. The van der Waals surface area contributed by atoms with Crippen LogP contribution in [-0.2, 0) is 11.3 Å². The highest BCUT2D eigenvalue weighted by molar-refractivity contribution is 7.98. The van der Waals surface area contributed by atoms with Crippen molar-refractivity contribution in [3.63, 3.8) is 0 Å². The molecular formula is C15H23NO4S. The third kappa shape index (κ3) is 4.54. The van der Waals surface area contributed by atoms with E-state index in [0.717, 1.165) is 10.5 Å². The largest absolute Gasteiger partial charge is 0.493 e. The lowest BCUT2D eigenvalue weighted by molar-refractivity contribution is -0.140. The molecule has 1 aromatic rings. The molecule has 0 aromatic heterocycles. The minimum Gasteiger partial charge on any atom is -0.493 e. The minimum absolute atomic E-state index is 0.0142. The molecule has 21 heavy (non-hydrogen) atoms. The predicted molar refractivity (Wildman–Crippen MR) is 84.4 cm³/mol. The number of carboxylic acids is 1. The molecule has 0 amide bonds. The van der Waals surface area contributed by atoms with Crippen LogP contribution < -0.4 is 14.8 Å². The summed E-state index contributed by atoms with van der Waals surface area (Å²) >= 11 is 1.59. The Morgan fingerprint density at radius 2 is 1.86 bits per heavy atom. The van der Waals surface area contributed by atoms with Crippen LogP contribution in [0.25, 0.3) is 0 Å². The van der Waals surface area contributed by atoms with Crippen LogP contribution in [0.15, 0.2) is 17.0 Å². The lowest BCUT2D eigenvalue weighted by Gasteiger charge is -2.20. The Bertz CT molecular complexity index is 491. The van der Waals surface area contributed by atoms with Crippen LogP contribution in [0.3, 0.4) is 0 Å². The zero-order valence-electron chi connectivity index (χ0n) is 13.1. The van der Waals surface area contributed by atoms with E-state index in [4.69, 9.17) is 9.47 Å². The number of aliphatic carboxylic acids is 1. The third-order valence-corrected chi connectivity index (χ3v) is 4.05. The fourth-order valence-electron chi connectivity index (χ4n) is 2.06. The number of hydrogen-bond donors (Lipinski definition) is 2. The molecule has 1 rings (SSSR count). The summed E-state index contributed by atoms with van der Waals surface area (Å²) < 4.78 is 10.6. The van der Waals surface area contributed by atoms with Gasteiger partial charge in [-0.15, -0.1) is 11.8 Å². The first-order valence-electron chi connectivity index (χ1n) is 6.69. The second kappa shape index (κ2) is 8.14. The van der Waals surface area contributed by atoms with E-state index in [1.54, 1.807) is 26.0 Å². The van der Waals surface area contributed by atoms with E-state index in [0.29, 0.717) is 18.0 Å². The van der Waals surface area contributed by atoms with E-state index < -0.39 is 12.0 Å². The van der Waals surface area contributed by atoms with Crippen molar-refractivity contribution < 1.29 is 19.4 Å². The molecule has 6 heteroatoms. The predicted octanol–water partition coefficient (Wildman–Crippen LogP) is 2.62. The number of methoxy groups -OCH3 is 2. The van der Waals surface area contributed by atoms with Crippen molar-refractivity contribution in [2.45, 2.75) is 31.3 Å². The Hall–Kier alpha value is -1.40. The zero-order chi connectivity index (χ0) is 16.0. The van der Waals surface area contributed by atoms with E-state index in [1.807, 2.05) is 32.2 Å². The average molecular weight is 313 g/mol. The highest BCUT2D eigenvalue weighted by Crippen LogP contribution is 2.34. The molecule has 5 nitrogen and oxygen atoms in total. The molecule has 0 unspecified atom stereocenters. The summed E-state index contributed by atoms with van der Waals surface area (Å²) in [4.78, 5) is 12.3. The van der Waals surface area contributed by atoms with Crippen LogP contribution in [0.5, 0.6) is 11.5 Å². The van der Waals surface area contributed by atoms with E-state index >= 15 is 0 Å². The van der Waals surface area contributed by atoms with Gasteiger partial charge >= 0.3 is 5.97 Å². The van der Waals surface area contributed by atoms with Crippen LogP contribution in [-0.4, -0.2) is 37.6 Å². The SMILES string of the molecule is COc1cc(CN[C@H](C(=O)O)C(C)C)c(SC)cc1OC. The molecule has 0 saturated heterocycles. The van der Waals surface area contributed by atoms with Crippen molar-refractivity contribution >= 4 is 17.7 Å². The molecule has 1 aromatic carbocycles. The quantitative estimate of drug-likeness (QED) is 0.719. The molecule has 0 saturated carbocycles. The van der Waals surface area contributed by atoms with Crippen molar-refractivity contribution in [2.75, 3.05) is 20.5 Å². The fourth-order valence-corrected chi connectivity index (χ4v) is 2.68.